The molecule has 0 bridgehead atoms. The Balaban J connectivity index is 4.62. The highest BCUT2D eigenvalue weighted by Crippen LogP contribution is 1.93. The van der Waals surface area contributed by atoms with Gasteiger partial charge < -0.3 is 20.0 Å². The molecule has 0 spiro atoms. The maximum Gasteiger partial charge on any atom is 0.349 e. The van der Waals surface area contributed by atoms with E-state index in [0.717, 1.165) is 0 Å². The standard InChI is InChI=1S/C8H10N2O7/c9-17-8(16)2-1-5(11)10(3-6(12)13)4-7(14)15/h1-2H,3-4,9H2,(H,12,13)(H,14,15). The fourth-order valence-electron chi connectivity index (χ4n) is 0.822. The molecule has 0 unspecified atom stereocenters. The van der Waals surface area contributed by atoms with Gasteiger partial charge in [-0.3, -0.25) is 14.4 Å². The molecule has 0 radical (unpaired) electrons. The zero-order chi connectivity index (χ0) is 13.4. The summed E-state index contributed by atoms with van der Waals surface area (Å²) in [4.78, 5) is 46.8. The van der Waals surface area contributed by atoms with Gasteiger partial charge in [0, 0.05) is 12.2 Å². The van der Waals surface area contributed by atoms with E-state index in [4.69, 9.17) is 10.2 Å². The number of amides is 1. The lowest BCUT2D eigenvalue weighted by molar-refractivity contribution is -0.147. The third-order valence-electron chi connectivity index (χ3n) is 1.44. The first-order valence-electron chi connectivity index (χ1n) is 4.18. The maximum atomic E-state index is 11.3. The molecule has 4 N–H and O–H groups in total. The monoisotopic (exact) mass is 246 g/mol. The van der Waals surface area contributed by atoms with Crippen LogP contribution in [0.4, 0.5) is 0 Å². The van der Waals surface area contributed by atoms with Gasteiger partial charge in [0.05, 0.1) is 0 Å². The molecule has 0 aliphatic carbocycles. The Morgan fingerprint density at radius 1 is 1.06 bits per heavy atom. The molecule has 0 aromatic rings. The lowest BCUT2D eigenvalue weighted by Gasteiger charge is -2.15. The van der Waals surface area contributed by atoms with E-state index in [1.54, 1.807) is 0 Å². The molecule has 0 aliphatic heterocycles. The lowest BCUT2D eigenvalue weighted by Crippen LogP contribution is -2.38. The molecule has 0 fully saturated rings. The van der Waals surface area contributed by atoms with Crippen LogP contribution in [0.25, 0.3) is 0 Å². The molecule has 9 heteroatoms. The second-order valence-electron chi connectivity index (χ2n) is 2.75. The van der Waals surface area contributed by atoms with Crippen molar-refractivity contribution in [2.75, 3.05) is 13.1 Å². The van der Waals surface area contributed by atoms with E-state index in [9.17, 15) is 19.2 Å². The molecule has 0 aromatic carbocycles. The number of aliphatic carboxylic acids is 2. The molecule has 0 heterocycles. The molecular weight excluding hydrogens is 236 g/mol. The molecule has 0 aromatic heterocycles. The van der Waals surface area contributed by atoms with E-state index in [1.807, 2.05) is 0 Å². The molecule has 0 saturated carbocycles. The van der Waals surface area contributed by atoms with Crippen molar-refractivity contribution in [1.82, 2.24) is 4.90 Å². The topological polar surface area (TPSA) is 147 Å². The van der Waals surface area contributed by atoms with Gasteiger partial charge in [-0.1, -0.05) is 0 Å². The summed E-state index contributed by atoms with van der Waals surface area (Å²) in [7, 11) is 0. The number of hydrogen-bond acceptors (Lipinski definition) is 6. The molecule has 0 aliphatic rings. The minimum absolute atomic E-state index is 0.519. The Morgan fingerprint density at radius 3 is 1.88 bits per heavy atom. The van der Waals surface area contributed by atoms with E-state index in [1.165, 1.54) is 0 Å². The van der Waals surface area contributed by atoms with Crippen LogP contribution in [0, 0.1) is 0 Å². The van der Waals surface area contributed by atoms with Gasteiger partial charge in [-0.25, -0.2) is 4.79 Å². The van der Waals surface area contributed by atoms with Crippen LogP contribution in [0.5, 0.6) is 0 Å². The highest BCUT2D eigenvalue weighted by atomic mass is 16.7. The SMILES string of the molecule is NOC(=O)C=CC(=O)N(CC(=O)O)CC(=O)O. The first-order chi connectivity index (χ1) is 7.86. The van der Waals surface area contributed by atoms with E-state index in [0.29, 0.717) is 17.1 Å². The Morgan fingerprint density at radius 2 is 1.53 bits per heavy atom. The number of rotatable bonds is 6. The second kappa shape index (κ2) is 6.95. The highest BCUT2D eigenvalue weighted by Gasteiger charge is 2.17. The van der Waals surface area contributed by atoms with Crippen LogP contribution in [0.15, 0.2) is 12.2 Å². The van der Waals surface area contributed by atoms with Crippen LogP contribution in [0.3, 0.4) is 0 Å². The van der Waals surface area contributed by atoms with Gasteiger partial charge >= 0.3 is 17.9 Å². The van der Waals surface area contributed by atoms with Crippen molar-refractivity contribution < 1.29 is 34.2 Å². The summed E-state index contributed by atoms with van der Waals surface area (Å²) in [6.45, 7) is -1.60. The Hall–Kier alpha value is -2.42. The molecule has 0 rings (SSSR count). The summed E-state index contributed by atoms with van der Waals surface area (Å²) < 4.78 is 0. The molecule has 17 heavy (non-hydrogen) atoms. The summed E-state index contributed by atoms with van der Waals surface area (Å²) in [5, 5.41) is 16.9. The Labute approximate surface area is 95.0 Å². The zero-order valence-corrected chi connectivity index (χ0v) is 8.53. The van der Waals surface area contributed by atoms with Crippen molar-refractivity contribution in [2.24, 2.45) is 5.90 Å². The van der Waals surface area contributed by atoms with Crippen LogP contribution in [0.1, 0.15) is 0 Å². The van der Waals surface area contributed by atoms with Gasteiger partial charge in [-0.05, 0) is 0 Å². The molecule has 9 nitrogen and oxygen atoms in total. The number of carboxylic acids is 2. The van der Waals surface area contributed by atoms with Gasteiger partial charge in [0.2, 0.25) is 5.91 Å². The molecule has 0 atom stereocenters. The van der Waals surface area contributed by atoms with Gasteiger partial charge in [0.25, 0.3) is 0 Å². The van der Waals surface area contributed by atoms with E-state index in [2.05, 4.69) is 10.7 Å². The third kappa shape index (κ3) is 6.62. The van der Waals surface area contributed by atoms with Crippen LogP contribution in [-0.2, 0) is 24.0 Å². The molecule has 1 amide bonds. The molecular formula is C8H10N2O7. The van der Waals surface area contributed by atoms with Crippen molar-refractivity contribution in [1.29, 1.82) is 0 Å². The number of carbonyl (C=O) groups is 4. The smallest absolute Gasteiger partial charge is 0.349 e. The van der Waals surface area contributed by atoms with E-state index in [-0.39, 0.29) is 0 Å². The fourth-order valence-corrected chi connectivity index (χ4v) is 0.822. The van der Waals surface area contributed by atoms with Gasteiger partial charge in [-0.15, -0.1) is 0 Å². The van der Waals surface area contributed by atoms with Crippen molar-refractivity contribution >= 4 is 23.8 Å². The summed E-state index contributed by atoms with van der Waals surface area (Å²) in [6.07, 6.45) is 1.32. The summed E-state index contributed by atoms with van der Waals surface area (Å²) >= 11 is 0. The maximum absolute atomic E-state index is 11.3. The minimum Gasteiger partial charge on any atom is -0.480 e. The molecule has 0 saturated heterocycles. The zero-order valence-electron chi connectivity index (χ0n) is 8.53. The van der Waals surface area contributed by atoms with Crippen LogP contribution in [-0.4, -0.2) is 52.0 Å². The van der Waals surface area contributed by atoms with E-state index < -0.39 is 36.9 Å². The van der Waals surface area contributed by atoms with Gasteiger partial charge in [-0.2, -0.15) is 5.90 Å². The number of carbonyl (C=O) groups excluding carboxylic acids is 2. The van der Waals surface area contributed by atoms with Crippen LogP contribution < -0.4 is 5.90 Å². The highest BCUT2D eigenvalue weighted by molar-refractivity contribution is 5.96. The lowest BCUT2D eigenvalue weighted by atomic mass is 10.4. The summed E-state index contributed by atoms with van der Waals surface area (Å²) in [6, 6.07) is 0. The fraction of sp³-hybridized carbons (Fsp3) is 0.250. The Kier molecular flexibility index (Phi) is 5.96. The van der Waals surface area contributed by atoms with Crippen molar-refractivity contribution in [3.05, 3.63) is 12.2 Å². The van der Waals surface area contributed by atoms with E-state index >= 15 is 0 Å². The number of nitrogens with two attached hydrogens (primary N) is 1. The van der Waals surface area contributed by atoms with Gasteiger partial charge in [0.15, 0.2) is 0 Å². The third-order valence-corrected chi connectivity index (χ3v) is 1.44. The average molecular weight is 246 g/mol. The van der Waals surface area contributed by atoms with Crippen LogP contribution >= 0.6 is 0 Å². The predicted molar refractivity (Wildman–Crippen MR) is 51.3 cm³/mol. The number of carboxylic acid groups (broad SMARTS) is 2. The quantitative estimate of drug-likeness (QED) is 0.358. The van der Waals surface area contributed by atoms with Gasteiger partial charge in [0.1, 0.15) is 13.1 Å². The van der Waals surface area contributed by atoms with Crippen molar-refractivity contribution in [3.63, 3.8) is 0 Å². The van der Waals surface area contributed by atoms with Crippen molar-refractivity contribution in [2.45, 2.75) is 0 Å². The normalized spacial score (nSPS) is 9.94. The molecule has 94 valence electrons. The predicted octanol–water partition coefficient (Wildman–Crippen LogP) is -2.04. The van der Waals surface area contributed by atoms with Crippen molar-refractivity contribution in [3.8, 4) is 0 Å². The Bertz CT molecular complexity index is 347. The second-order valence-corrected chi connectivity index (χ2v) is 2.75. The summed E-state index contributed by atoms with van der Waals surface area (Å²) in [5.74, 6) is -0.261. The largest absolute Gasteiger partial charge is 0.480 e. The summed E-state index contributed by atoms with van der Waals surface area (Å²) in [5.41, 5.74) is 0. The van der Waals surface area contributed by atoms with Crippen LogP contribution in [0.2, 0.25) is 0 Å². The first-order valence-corrected chi connectivity index (χ1v) is 4.18. The number of hydrogen-bond donors (Lipinski definition) is 3. The average Bonchev–Trinajstić information content (AvgIpc) is 2.23. The first kappa shape index (κ1) is 14.6. The minimum atomic E-state index is -1.38. The number of nitrogens with zero attached hydrogens (tertiary/aromatic N) is 1.